The fourth-order valence-corrected chi connectivity index (χ4v) is 2.16. The van der Waals surface area contributed by atoms with Gasteiger partial charge >= 0.3 is 0 Å². The van der Waals surface area contributed by atoms with E-state index in [1.807, 2.05) is 19.9 Å². The molecule has 0 spiro atoms. The lowest BCUT2D eigenvalue weighted by atomic mass is 9.74. The van der Waals surface area contributed by atoms with Crippen LogP contribution in [0.2, 0.25) is 0 Å². The fourth-order valence-electron chi connectivity index (χ4n) is 2.16. The topological polar surface area (TPSA) is 35.5 Å². The summed E-state index contributed by atoms with van der Waals surface area (Å²) in [6.07, 6.45) is 8.56. The van der Waals surface area contributed by atoms with Crippen LogP contribution in [0, 0.1) is 5.41 Å². The molecule has 1 atom stereocenters. The lowest BCUT2D eigenvalue weighted by molar-refractivity contribution is -0.121. The monoisotopic (exact) mass is 246 g/mol. The fraction of sp³-hybridized carbons (Fsp3) is 0.400. The van der Waals surface area contributed by atoms with Gasteiger partial charge < -0.3 is 9.47 Å². The number of ether oxygens (including phenoxy) is 2. The molecule has 0 radical (unpaired) electrons. The van der Waals surface area contributed by atoms with E-state index < -0.39 is 5.41 Å². The molecule has 3 nitrogen and oxygen atoms in total. The highest BCUT2D eigenvalue weighted by Gasteiger charge is 2.39. The van der Waals surface area contributed by atoms with E-state index >= 15 is 0 Å². The summed E-state index contributed by atoms with van der Waals surface area (Å²) in [6.45, 7) is 8.00. The highest BCUT2D eigenvalue weighted by molar-refractivity contribution is 5.99. The molecular formula is C15H18O3. The van der Waals surface area contributed by atoms with Crippen molar-refractivity contribution in [3.05, 3.63) is 48.0 Å². The van der Waals surface area contributed by atoms with Crippen molar-refractivity contribution in [3.8, 4) is 0 Å². The summed E-state index contributed by atoms with van der Waals surface area (Å²) in [7, 11) is 0. The van der Waals surface area contributed by atoms with Gasteiger partial charge in [0, 0.05) is 6.08 Å². The second-order valence-corrected chi connectivity index (χ2v) is 4.92. The summed E-state index contributed by atoms with van der Waals surface area (Å²) < 4.78 is 10.6. The number of hydrogen-bond acceptors (Lipinski definition) is 3. The van der Waals surface area contributed by atoms with Crippen LogP contribution in [0.3, 0.4) is 0 Å². The molecule has 1 saturated heterocycles. The quantitative estimate of drug-likeness (QED) is 0.714. The Bertz CT molecular complexity index is 464. The SMILES string of the molecule is C=CC[C@@]1(CC=C(C)C)C=C2OCOC2=CC1=O. The molecule has 0 unspecified atom stereocenters. The van der Waals surface area contributed by atoms with E-state index in [1.165, 1.54) is 5.57 Å². The van der Waals surface area contributed by atoms with Crippen LogP contribution < -0.4 is 0 Å². The van der Waals surface area contributed by atoms with Gasteiger partial charge in [-0.1, -0.05) is 17.7 Å². The van der Waals surface area contributed by atoms with Crippen molar-refractivity contribution in [2.24, 2.45) is 5.41 Å². The largest absolute Gasteiger partial charge is 0.454 e. The third-order valence-electron chi connectivity index (χ3n) is 3.22. The van der Waals surface area contributed by atoms with Gasteiger partial charge in [-0.25, -0.2) is 0 Å². The van der Waals surface area contributed by atoms with Gasteiger partial charge in [0.2, 0.25) is 6.79 Å². The third-order valence-corrected chi connectivity index (χ3v) is 3.22. The van der Waals surface area contributed by atoms with Crippen molar-refractivity contribution in [2.45, 2.75) is 26.7 Å². The Morgan fingerprint density at radius 3 is 2.78 bits per heavy atom. The second-order valence-electron chi connectivity index (χ2n) is 4.92. The van der Waals surface area contributed by atoms with Gasteiger partial charge in [-0.15, -0.1) is 6.58 Å². The molecule has 1 aliphatic carbocycles. The average molecular weight is 246 g/mol. The van der Waals surface area contributed by atoms with Crippen molar-refractivity contribution >= 4 is 5.78 Å². The van der Waals surface area contributed by atoms with Crippen LogP contribution in [0.15, 0.2) is 48.0 Å². The summed E-state index contributed by atoms with van der Waals surface area (Å²) >= 11 is 0. The maximum absolute atomic E-state index is 12.3. The van der Waals surface area contributed by atoms with E-state index in [4.69, 9.17) is 9.47 Å². The van der Waals surface area contributed by atoms with Crippen LogP contribution in [-0.2, 0) is 14.3 Å². The van der Waals surface area contributed by atoms with Gasteiger partial charge in [-0.05, 0) is 32.8 Å². The van der Waals surface area contributed by atoms with E-state index in [0.717, 1.165) is 0 Å². The van der Waals surface area contributed by atoms with E-state index in [9.17, 15) is 4.79 Å². The standard InChI is InChI=1S/C15H18O3/c1-4-6-15(7-5-11(2)3)9-13-12(8-14(15)16)17-10-18-13/h4-5,8-9H,1,6-7,10H2,2-3H3/t15-/m1/s1. The number of carbonyl (C=O) groups is 1. The summed E-state index contributed by atoms with van der Waals surface area (Å²) in [5.74, 6) is 1.29. The Balaban J connectivity index is 2.35. The Kier molecular flexibility index (Phi) is 3.41. The van der Waals surface area contributed by atoms with Gasteiger partial charge in [0.1, 0.15) is 0 Å². The van der Waals surface area contributed by atoms with Crippen LogP contribution in [0.1, 0.15) is 26.7 Å². The molecule has 96 valence electrons. The first-order chi connectivity index (χ1) is 8.57. The predicted octanol–water partition coefficient (Wildman–Crippen LogP) is 3.26. The summed E-state index contributed by atoms with van der Waals surface area (Å²) in [6, 6.07) is 0. The van der Waals surface area contributed by atoms with Crippen LogP contribution in [0.5, 0.6) is 0 Å². The lowest BCUT2D eigenvalue weighted by Crippen LogP contribution is -2.30. The molecule has 0 aromatic carbocycles. The van der Waals surface area contributed by atoms with Gasteiger partial charge in [0.05, 0.1) is 5.41 Å². The number of hydrogen-bond donors (Lipinski definition) is 0. The third kappa shape index (κ3) is 2.26. The van der Waals surface area contributed by atoms with E-state index in [-0.39, 0.29) is 12.6 Å². The van der Waals surface area contributed by atoms with Crippen molar-refractivity contribution in [1.29, 1.82) is 0 Å². The number of ketones is 1. The maximum Gasteiger partial charge on any atom is 0.231 e. The zero-order chi connectivity index (χ0) is 13.2. The zero-order valence-electron chi connectivity index (χ0n) is 10.9. The molecule has 3 heteroatoms. The zero-order valence-corrected chi connectivity index (χ0v) is 10.9. The smallest absolute Gasteiger partial charge is 0.231 e. The van der Waals surface area contributed by atoms with Gasteiger partial charge in [-0.2, -0.15) is 0 Å². The number of rotatable bonds is 4. The molecule has 0 bridgehead atoms. The van der Waals surface area contributed by atoms with E-state index in [2.05, 4.69) is 12.7 Å². The first kappa shape index (κ1) is 12.7. The van der Waals surface area contributed by atoms with E-state index in [1.54, 1.807) is 12.2 Å². The summed E-state index contributed by atoms with van der Waals surface area (Å²) in [5, 5.41) is 0. The van der Waals surface area contributed by atoms with Crippen molar-refractivity contribution in [2.75, 3.05) is 6.79 Å². The number of allylic oxidation sites excluding steroid dienone is 5. The predicted molar refractivity (Wildman–Crippen MR) is 69.5 cm³/mol. The molecule has 2 aliphatic rings. The molecule has 0 aromatic heterocycles. The average Bonchev–Trinajstić information content (AvgIpc) is 2.74. The Morgan fingerprint density at radius 1 is 1.39 bits per heavy atom. The Labute approximate surface area is 107 Å². The van der Waals surface area contributed by atoms with Gasteiger partial charge in [0.15, 0.2) is 17.3 Å². The number of carbonyl (C=O) groups excluding carboxylic acids is 1. The van der Waals surface area contributed by atoms with Crippen molar-refractivity contribution in [3.63, 3.8) is 0 Å². The Hall–Kier alpha value is -1.77. The molecule has 1 aliphatic heterocycles. The first-order valence-electron chi connectivity index (χ1n) is 6.06. The second kappa shape index (κ2) is 4.84. The lowest BCUT2D eigenvalue weighted by Gasteiger charge is -2.28. The maximum atomic E-state index is 12.3. The van der Waals surface area contributed by atoms with Crippen LogP contribution in [0.4, 0.5) is 0 Å². The molecule has 0 saturated carbocycles. The minimum Gasteiger partial charge on any atom is -0.454 e. The Morgan fingerprint density at radius 2 is 2.11 bits per heavy atom. The molecule has 1 heterocycles. The van der Waals surface area contributed by atoms with E-state index in [0.29, 0.717) is 24.4 Å². The normalized spacial score (nSPS) is 25.3. The van der Waals surface area contributed by atoms with Crippen LogP contribution in [-0.4, -0.2) is 12.6 Å². The van der Waals surface area contributed by atoms with Gasteiger partial charge in [-0.3, -0.25) is 4.79 Å². The van der Waals surface area contributed by atoms with Gasteiger partial charge in [0.25, 0.3) is 0 Å². The highest BCUT2D eigenvalue weighted by atomic mass is 16.7. The summed E-state index contributed by atoms with van der Waals surface area (Å²) in [4.78, 5) is 12.3. The van der Waals surface area contributed by atoms with Crippen LogP contribution >= 0.6 is 0 Å². The minimum atomic E-state index is -0.564. The minimum absolute atomic E-state index is 0.0594. The van der Waals surface area contributed by atoms with Crippen LogP contribution in [0.25, 0.3) is 0 Å². The molecule has 0 N–H and O–H groups in total. The molecule has 2 rings (SSSR count). The molecule has 0 aromatic rings. The molecule has 0 amide bonds. The number of fused-ring (bicyclic) bond motifs is 1. The molecule has 1 fully saturated rings. The molecular weight excluding hydrogens is 228 g/mol. The first-order valence-corrected chi connectivity index (χ1v) is 6.06. The van der Waals surface area contributed by atoms with Crippen molar-refractivity contribution < 1.29 is 14.3 Å². The summed E-state index contributed by atoms with van der Waals surface area (Å²) in [5.41, 5.74) is 0.633. The van der Waals surface area contributed by atoms with Crippen molar-refractivity contribution in [1.82, 2.24) is 0 Å². The highest BCUT2D eigenvalue weighted by Crippen LogP contribution is 2.40. The molecule has 18 heavy (non-hydrogen) atoms.